The molecule has 4 rings (SSSR count). The number of carbonyl (C=O) groups excluding carboxylic acids is 2. The number of benzene rings is 1. The Balaban J connectivity index is 1.65. The van der Waals surface area contributed by atoms with Gasteiger partial charge in [-0.3, -0.25) is 14.0 Å². The van der Waals surface area contributed by atoms with Gasteiger partial charge in [0.15, 0.2) is 5.69 Å². The monoisotopic (exact) mass is 391 g/mol. The summed E-state index contributed by atoms with van der Waals surface area (Å²) in [5.74, 6) is -0.268. The number of aryl methyl sites for hydroxylation is 2. The summed E-state index contributed by atoms with van der Waals surface area (Å²) in [5.41, 5.74) is 3.93. The molecule has 2 aromatic heterocycles. The van der Waals surface area contributed by atoms with E-state index in [1.165, 1.54) is 0 Å². The number of piperazine rings is 1. The molecule has 1 N–H and O–H groups in total. The van der Waals surface area contributed by atoms with Crippen LogP contribution >= 0.6 is 0 Å². The Hall–Kier alpha value is -3.19. The van der Waals surface area contributed by atoms with Crippen molar-refractivity contribution in [1.82, 2.24) is 19.2 Å². The standard InChI is InChI=1S/C22H25N5O2/c1-15-7-8-17(14-16(15)2)23-21(28)20-24-19(18-6-4-5-9-27(18)20)22(29)26-12-10-25(3)11-13-26/h4-9,14H,10-13H2,1-3H3,(H,23,28). The maximum absolute atomic E-state index is 13.1. The molecule has 0 saturated carbocycles. The summed E-state index contributed by atoms with van der Waals surface area (Å²) in [5, 5.41) is 2.90. The molecule has 7 heteroatoms. The van der Waals surface area contributed by atoms with Crippen LogP contribution in [-0.4, -0.2) is 64.2 Å². The number of amides is 2. The van der Waals surface area contributed by atoms with Crippen LogP contribution in [0.5, 0.6) is 0 Å². The van der Waals surface area contributed by atoms with E-state index >= 15 is 0 Å². The fraction of sp³-hybridized carbons (Fsp3) is 0.318. The summed E-state index contributed by atoms with van der Waals surface area (Å²) in [6.07, 6.45) is 1.76. The van der Waals surface area contributed by atoms with E-state index in [2.05, 4.69) is 15.2 Å². The third-order valence-corrected chi connectivity index (χ3v) is 5.51. The number of carbonyl (C=O) groups is 2. The normalized spacial score (nSPS) is 14.9. The van der Waals surface area contributed by atoms with Crippen LogP contribution in [0, 0.1) is 13.8 Å². The molecular weight excluding hydrogens is 366 g/mol. The van der Waals surface area contributed by atoms with Crippen LogP contribution in [0.15, 0.2) is 42.6 Å². The highest BCUT2D eigenvalue weighted by Crippen LogP contribution is 2.19. The molecule has 1 aromatic carbocycles. The topological polar surface area (TPSA) is 70.0 Å². The molecule has 0 aliphatic carbocycles. The van der Waals surface area contributed by atoms with Crippen molar-refractivity contribution in [2.75, 3.05) is 38.5 Å². The van der Waals surface area contributed by atoms with Crippen LogP contribution in [0.1, 0.15) is 32.2 Å². The minimum atomic E-state index is -0.341. The van der Waals surface area contributed by atoms with Gasteiger partial charge in [-0.1, -0.05) is 12.1 Å². The van der Waals surface area contributed by atoms with Crippen molar-refractivity contribution in [3.05, 3.63) is 65.2 Å². The Kier molecular flexibility index (Phi) is 5.07. The van der Waals surface area contributed by atoms with Gasteiger partial charge >= 0.3 is 0 Å². The largest absolute Gasteiger partial charge is 0.335 e. The van der Waals surface area contributed by atoms with Gasteiger partial charge in [0.25, 0.3) is 11.8 Å². The van der Waals surface area contributed by atoms with Crippen LogP contribution in [-0.2, 0) is 0 Å². The quantitative estimate of drug-likeness (QED) is 0.745. The lowest BCUT2D eigenvalue weighted by Crippen LogP contribution is -2.47. The second kappa shape index (κ2) is 7.67. The number of rotatable bonds is 3. The van der Waals surface area contributed by atoms with Gasteiger partial charge in [0, 0.05) is 38.1 Å². The van der Waals surface area contributed by atoms with Crippen molar-refractivity contribution >= 4 is 23.0 Å². The van der Waals surface area contributed by atoms with Gasteiger partial charge < -0.3 is 15.1 Å². The molecule has 0 spiro atoms. The molecule has 1 aliphatic heterocycles. The summed E-state index contributed by atoms with van der Waals surface area (Å²) < 4.78 is 1.68. The number of nitrogens with zero attached hydrogens (tertiary/aromatic N) is 4. The number of aromatic nitrogens is 2. The lowest BCUT2D eigenvalue weighted by Gasteiger charge is -2.32. The van der Waals surface area contributed by atoms with Gasteiger partial charge in [0.1, 0.15) is 0 Å². The number of likely N-dealkylation sites (N-methyl/N-ethyl adjacent to an activating group) is 1. The first-order valence-corrected chi connectivity index (χ1v) is 9.77. The number of imidazole rings is 1. The zero-order chi connectivity index (χ0) is 20.5. The first-order chi connectivity index (χ1) is 13.9. The lowest BCUT2D eigenvalue weighted by molar-refractivity contribution is 0.0661. The summed E-state index contributed by atoms with van der Waals surface area (Å²) in [7, 11) is 2.04. The average molecular weight is 391 g/mol. The molecule has 1 fully saturated rings. The zero-order valence-electron chi connectivity index (χ0n) is 17.0. The maximum atomic E-state index is 13.1. The molecule has 3 aromatic rings. The maximum Gasteiger partial charge on any atom is 0.292 e. The molecule has 2 amide bonds. The Labute approximate surface area is 169 Å². The highest BCUT2D eigenvalue weighted by Gasteiger charge is 2.27. The number of nitrogens with one attached hydrogen (secondary N) is 1. The molecule has 1 aliphatic rings. The summed E-state index contributed by atoms with van der Waals surface area (Å²) in [6, 6.07) is 11.3. The molecule has 0 radical (unpaired) electrons. The Bertz CT molecular complexity index is 1080. The van der Waals surface area contributed by atoms with Crippen molar-refractivity contribution < 1.29 is 9.59 Å². The fourth-order valence-corrected chi connectivity index (χ4v) is 3.52. The molecule has 150 valence electrons. The molecule has 0 bridgehead atoms. The number of anilines is 1. The van der Waals surface area contributed by atoms with E-state index in [-0.39, 0.29) is 17.6 Å². The van der Waals surface area contributed by atoms with Crippen molar-refractivity contribution in [1.29, 1.82) is 0 Å². The van der Waals surface area contributed by atoms with Crippen LogP contribution in [0.2, 0.25) is 0 Å². The van der Waals surface area contributed by atoms with Crippen LogP contribution in [0.3, 0.4) is 0 Å². The van der Waals surface area contributed by atoms with Crippen LogP contribution in [0.4, 0.5) is 5.69 Å². The van der Waals surface area contributed by atoms with Crippen molar-refractivity contribution in [2.45, 2.75) is 13.8 Å². The first-order valence-electron chi connectivity index (χ1n) is 9.77. The predicted octanol–water partition coefficient (Wildman–Crippen LogP) is 2.59. The third-order valence-electron chi connectivity index (χ3n) is 5.51. The van der Waals surface area contributed by atoms with E-state index < -0.39 is 0 Å². The SMILES string of the molecule is Cc1ccc(NC(=O)c2nc(C(=O)N3CCN(C)CC3)c3ccccn23)cc1C. The van der Waals surface area contributed by atoms with E-state index in [1.807, 2.05) is 57.3 Å². The van der Waals surface area contributed by atoms with Gasteiger partial charge in [0.2, 0.25) is 5.82 Å². The number of hydrogen-bond acceptors (Lipinski definition) is 4. The van der Waals surface area contributed by atoms with Gasteiger partial charge in [-0.2, -0.15) is 0 Å². The van der Waals surface area contributed by atoms with Crippen LogP contribution in [0.25, 0.3) is 5.52 Å². The predicted molar refractivity (Wildman–Crippen MR) is 112 cm³/mol. The second-order valence-electron chi connectivity index (χ2n) is 7.59. The Morgan fingerprint density at radius 1 is 1.00 bits per heavy atom. The van der Waals surface area contributed by atoms with Crippen molar-refractivity contribution in [2.24, 2.45) is 0 Å². The summed E-state index contributed by atoms with van der Waals surface area (Å²) >= 11 is 0. The first kappa shape index (κ1) is 19.1. The smallest absolute Gasteiger partial charge is 0.292 e. The number of hydrogen-bond donors (Lipinski definition) is 1. The summed E-state index contributed by atoms with van der Waals surface area (Å²) in [4.78, 5) is 34.5. The highest BCUT2D eigenvalue weighted by atomic mass is 16.2. The molecule has 1 saturated heterocycles. The second-order valence-corrected chi connectivity index (χ2v) is 7.59. The highest BCUT2D eigenvalue weighted by molar-refractivity contribution is 6.06. The molecule has 0 unspecified atom stereocenters. The van der Waals surface area contributed by atoms with Crippen molar-refractivity contribution in [3.63, 3.8) is 0 Å². The zero-order valence-corrected chi connectivity index (χ0v) is 17.0. The van der Waals surface area contributed by atoms with Gasteiger partial charge in [-0.15, -0.1) is 0 Å². The van der Waals surface area contributed by atoms with Crippen molar-refractivity contribution in [3.8, 4) is 0 Å². The van der Waals surface area contributed by atoms with Gasteiger partial charge in [-0.05, 0) is 56.3 Å². The van der Waals surface area contributed by atoms with Crippen LogP contribution < -0.4 is 5.32 Å². The Morgan fingerprint density at radius 2 is 1.76 bits per heavy atom. The molecule has 3 heterocycles. The fourth-order valence-electron chi connectivity index (χ4n) is 3.52. The van der Waals surface area contributed by atoms with Gasteiger partial charge in [-0.25, -0.2) is 4.98 Å². The third kappa shape index (κ3) is 3.73. The summed E-state index contributed by atoms with van der Waals surface area (Å²) in [6.45, 7) is 7.01. The minimum Gasteiger partial charge on any atom is -0.335 e. The Morgan fingerprint density at radius 3 is 2.48 bits per heavy atom. The van der Waals surface area contributed by atoms with Gasteiger partial charge in [0.05, 0.1) is 5.52 Å². The lowest BCUT2D eigenvalue weighted by atomic mass is 10.1. The molecule has 29 heavy (non-hydrogen) atoms. The van der Waals surface area contributed by atoms with E-state index in [4.69, 9.17) is 0 Å². The molecule has 0 atom stereocenters. The average Bonchev–Trinajstić information content (AvgIpc) is 3.11. The molecule has 7 nitrogen and oxygen atoms in total. The van der Waals surface area contributed by atoms with E-state index in [1.54, 1.807) is 15.5 Å². The number of fused-ring (bicyclic) bond motifs is 1. The molecular formula is C22H25N5O2. The minimum absolute atomic E-state index is 0.132. The van der Waals surface area contributed by atoms with E-state index in [9.17, 15) is 9.59 Å². The van der Waals surface area contributed by atoms with E-state index in [0.717, 1.165) is 24.2 Å². The number of pyridine rings is 1. The van der Waals surface area contributed by atoms with E-state index in [0.29, 0.717) is 30.0 Å².